The third kappa shape index (κ3) is 3.64. The maximum absolute atomic E-state index is 14.0. The highest BCUT2D eigenvalue weighted by Crippen LogP contribution is 2.33. The molecule has 0 unspecified atom stereocenters. The molecule has 0 atom stereocenters. The molecule has 0 radical (unpaired) electrons. The summed E-state index contributed by atoms with van der Waals surface area (Å²) in [5.41, 5.74) is 6.02. The molecule has 2 N–H and O–H groups in total. The van der Waals surface area contributed by atoms with Crippen LogP contribution in [0.1, 0.15) is 30.1 Å². The molecule has 1 saturated heterocycles. The van der Waals surface area contributed by atoms with E-state index in [9.17, 15) is 9.18 Å². The van der Waals surface area contributed by atoms with E-state index in [1.807, 2.05) is 0 Å². The molecule has 0 aromatic heterocycles. The van der Waals surface area contributed by atoms with Gasteiger partial charge in [-0.25, -0.2) is 9.18 Å². The van der Waals surface area contributed by atoms with Crippen molar-refractivity contribution < 1.29 is 18.7 Å². The molecule has 20 heavy (non-hydrogen) atoms. The lowest BCUT2D eigenvalue weighted by molar-refractivity contribution is 0.0527. The number of carbonyl (C=O) groups excluding carboxylic acids is 1. The fourth-order valence-electron chi connectivity index (χ4n) is 2.02. The van der Waals surface area contributed by atoms with Gasteiger partial charge in [-0.3, -0.25) is 0 Å². The number of carbonyl (C=O) groups is 1. The quantitative estimate of drug-likeness (QED) is 0.684. The minimum atomic E-state index is -0.515. The Morgan fingerprint density at radius 2 is 2.20 bits per heavy atom. The van der Waals surface area contributed by atoms with Crippen LogP contribution in [0.3, 0.4) is 0 Å². The lowest BCUT2D eigenvalue weighted by Crippen LogP contribution is -2.17. The lowest BCUT2D eigenvalue weighted by Gasteiger charge is -2.22. The maximum atomic E-state index is 14.0. The first-order valence-electron chi connectivity index (χ1n) is 6.62. The van der Waals surface area contributed by atoms with Gasteiger partial charge in [0.25, 0.3) is 0 Å². The number of nitrogens with two attached hydrogens (primary N) is 1. The molecule has 0 bridgehead atoms. The minimum Gasteiger partial charge on any atom is -0.462 e. The summed E-state index contributed by atoms with van der Waals surface area (Å²) in [7, 11) is 0. The molecule has 1 aromatic carbocycles. The van der Waals surface area contributed by atoms with Gasteiger partial charge in [-0.05, 0) is 31.9 Å². The molecule has 6 heteroatoms. The van der Waals surface area contributed by atoms with Crippen molar-refractivity contribution in [1.82, 2.24) is 0 Å². The molecule has 110 valence electrons. The van der Waals surface area contributed by atoms with Crippen LogP contribution in [0.15, 0.2) is 17.0 Å². The molecule has 1 fully saturated rings. The molecule has 1 aromatic rings. The molecule has 1 aliphatic rings. The maximum Gasteiger partial charge on any atom is 0.340 e. The second-order valence-electron chi connectivity index (χ2n) is 4.52. The Balaban J connectivity index is 2.19. The van der Waals surface area contributed by atoms with Crippen LogP contribution in [0, 0.1) is 5.82 Å². The zero-order chi connectivity index (χ0) is 14.5. The highest BCUT2D eigenvalue weighted by Gasteiger charge is 2.20. The van der Waals surface area contributed by atoms with Crippen LogP contribution in [0.2, 0.25) is 0 Å². The minimum absolute atomic E-state index is 0.109. The first-order valence-corrected chi connectivity index (χ1v) is 7.50. The van der Waals surface area contributed by atoms with Crippen molar-refractivity contribution in [1.29, 1.82) is 0 Å². The van der Waals surface area contributed by atoms with Crippen LogP contribution in [0.25, 0.3) is 0 Å². The molecule has 0 spiro atoms. The number of benzene rings is 1. The van der Waals surface area contributed by atoms with Gasteiger partial charge in [0.1, 0.15) is 5.82 Å². The fourth-order valence-corrected chi connectivity index (χ4v) is 3.16. The van der Waals surface area contributed by atoms with Crippen molar-refractivity contribution in [2.75, 3.05) is 25.6 Å². The molecule has 1 heterocycles. The van der Waals surface area contributed by atoms with Crippen LogP contribution in [-0.2, 0) is 9.47 Å². The average molecular weight is 299 g/mol. The van der Waals surface area contributed by atoms with Gasteiger partial charge in [-0.15, -0.1) is 11.8 Å². The van der Waals surface area contributed by atoms with Crippen molar-refractivity contribution in [2.24, 2.45) is 0 Å². The van der Waals surface area contributed by atoms with E-state index in [-0.39, 0.29) is 17.9 Å². The van der Waals surface area contributed by atoms with Crippen LogP contribution < -0.4 is 5.73 Å². The number of ether oxygens (including phenoxy) is 2. The Morgan fingerprint density at radius 1 is 1.50 bits per heavy atom. The van der Waals surface area contributed by atoms with E-state index in [1.165, 1.54) is 23.9 Å². The number of hydrogen-bond acceptors (Lipinski definition) is 5. The molecule has 0 saturated carbocycles. The van der Waals surface area contributed by atoms with E-state index in [1.54, 1.807) is 6.92 Å². The van der Waals surface area contributed by atoms with Crippen LogP contribution in [0.5, 0.6) is 0 Å². The topological polar surface area (TPSA) is 61.5 Å². The first-order chi connectivity index (χ1) is 9.61. The van der Waals surface area contributed by atoms with Gasteiger partial charge in [0, 0.05) is 29.0 Å². The van der Waals surface area contributed by atoms with E-state index >= 15 is 0 Å². The third-order valence-electron chi connectivity index (χ3n) is 3.06. The van der Waals surface area contributed by atoms with Crippen molar-refractivity contribution in [3.63, 3.8) is 0 Å². The zero-order valence-corrected chi connectivity index (χ0v) is 12.2. The highest BCUT2D eigenvalue weighted by molar-refractivity contribution is 8.00. The molecular formula is C14H18FNO3S. The Kier molecular flexibility index (Phi) is 5.25. The largest absolute Gasteiger partial charge is 0.462 e. The van der Waals surface area contributed by atoms with Crippen molar-refractivity contribution in [2.45, 2.75) is 29.9 Å². The van der Waals surface area contributed by atoms with E-state index in [0.717, 1.165) is 12.8 Å². The van der Waals surface area contributed by atoms with E-state index in [2.05, 4.69) is 0 Å². The number of rotatable bonds is 4. The molecule has 1 aliphatic heterocycles. The molecule has 4 nitrogen and oxygen atoms in total. The number of halogens is 1. The van der Waals surface area contributed by atoms with Crippen LogP contribution >= 0.6 is 11.8 Å². The van der Waals surface area contributed by atoms with E-state index in [0.29, 0.717) is 23.4 Å². The number of thioether (sulfide) groups is 1. The van der Waals surface area contributed by atoms with Crippen LogP contribution in [-0.4, -0.2) is 31.0 Å². The zero-order valence-electron chi connectivity index (χ0n) is 11.4. The monoisotopic (exact) mass is 299 g/mol. The summed E-state index contributed by atoms with van der Waals surface area (Å²) >= 11 is 1.43. The van der Waals surface area contributed by atoms with Crippen molar-refractivity contribution in [3.05, 3.63) is 23.5 Å². The normalized spacial score (nSPS) is 16.1. The number of nitrogen functional groups attached to an aromatic ring is 1. The van der Waals surface area contributed by atoms with E-state index in [4.69, 9.17) is 15.2 Å². The number of esters is 1. The number of anilines is 1. The number of hydrogen-bond donors (Lipinski definition) is 1. The van der Waals surface area contributed by atoms with Gasteiger partial charge < -0.3 is 15.2 Å². The molecule has 0 aliphatic carbocycles. The summed E-state index contributed by atoms with van der Waals surface area (Å²) < 4.78 is 24.2. The van der Waals surface area contributed by atoms with E-state index < -0.39 is 11.8 Å². The van der Waals surface area contributed by atoms with Gasteiger partial charge in [-0.2, -0.15) is 0 Å². The SMILES string of the molecule is CCOC(=O)c1cc(SC2CCOCC2)c(F)cc1N. The Bertz CT molecular complexity index is 490. The summed E-state index contributed by atoms with van der Waals surface area (Å²) in [5, 5.41) is 0.303. The van der Waals surface area contributed by atoms with Gasteiger partial charge in [0.05, 0.1) is 12.2 Å². The Labute approximate surface area is 121 Å². The third-order valence-corrected chi connectivity index (χ3v) is 4.43. The van der Waals surface area contributed by atoms with Crippen molar-refractivity contribution in [3.8, 4) is 0 Å². The highest BCUT2D eigenvalue weighted by atomic mass is 32.2. The fraction of sp³-hybridized carbons (Fsp3) is 0.500. The lowest BCUT2D eigenvalue weighted by atomic mass is 10.2. The van der Waals surface area contributed by atoms with Gasteiger partial charge in [0.15, 0.2) is 0 Å². The van der Waals surface area contributed by atoms with Crippen LogP contribution in [0.4, 0.5) is 10.1 Å². The molecule has 2 rings (SSSR count). The summed E-state index contributed by atoms with van der Waals surface area (Å²) in [5.74, 6) is -0.911. The Morgan fingerprint density at radius 3 is 2.85 bits per heavy atom. The van der Waals surface area contributed by atoms with Gasteiger partial charge >= 0.3 is 5.97 Å². The first kappa shape index (κ1) is 15.1. The van der Waals surface area contributed by atoms with Gasteiger partial charge in [-0.1, -0.05) is 0 Å². The summed E-state index contributed by atoms with van der Waals surface area (Å²) in [6.45, 7) is 3.37. The molecular weight excluding hydrogens is 281 g/mol. The second kappa shape index (κ2) is 6.95. The van der Waals surface area contributed by atoms with Crippen molar-refractivity contribution >= 4 is 23.4 Å². The van der Waals surface area contributed by atoms with Gasteiger partial charge in [0.2, 0.25) is 0 Å². The smallest absolute Gasteiger partial charge is 0.340 e. The summed E-state index contributed by atoms with van der Waals surface area (Å²) in [6.07, 6.45) is 1.76. The Hall–Kier alpha value is -1.27. The second-order valence-corrected chi connectivity index (χ2v) is 5.86. The predicted octanol–water partition coefficient (Wildman–Crippen LogP) is 2.86. The average Bonchev–Trinajstić information content (AvgIpc) is 2.43. The summed E-state index contributed by atoms with van der Waals surface area (Å²) in [4.78, 5) is 12.2. The summed E-state index contributed by atoms with van der Waals surface area (Å²) in [6, 6.07) is 2.68. The standard InChI is InChI=1S/C14H18FNO3S/c1-2-19-14(17)10-7-13(11(15)8-12(10)16)20-9-3-5-18-6-4-9/h7-9H,2-6,16H2,1H3. The predicted molar refractivity (Wildman–Crippen MR) is 76.5 cm³/mol. The molecule has 0 amide bonds.